The van der Waals surface area contributed by atoms with Crippen molar-refractivity contribution >= 4 is 63.0 Å². The van der Waals surface area contributed by atoms with Crippen molar-refractivity contribution in [3.8, 4) is 11.8 Å². The van der Waals surface area contributed by atoms with Crippen molar-refractivity contribution in [2.45, 2.75) is 51.7 Å². The number of hydrogen-bond acceptors (Lipinski definition) is 12. The smallest absolute Gasteiger partial charge is 0.218 e. The van der Waals surface area contributed by atoms with Gasteiger partial charge < -0.3 is 4.74 Å². The van der Waals surface area contributed by atoms with Gasteiger partial charge in [-0.1, -0.05) is 78.8 Å². The van der Waals surface area contributed by atoms with Crippen molar-refractivity contribution in [3.63, 3.8) is 0 Å². The Balaban J connectivity index is 1.75. The lowest BCUT2D eigenvalue weighted by molar-refractivity contribution is -0.299. The van der Waals surface area contributed by atoms with E-state index in [-0.39, 0.29) is 23.0 Å². The predicted molar refractivity (Wildman–Crippen MR) is 164 cm³/mol. The largest absolute Gasteiger partial charge is 0.494 e. The molecule has 0 aliphatic carbocycles. The van der Waals surface area contributed by atoms with Crippen LogP contribution in [0.5, 0.6) is 5.75 Å². The first kappa shape index (κ1) is 32.1. The quantitative estimate of drug-likeness (QED) is 0.0921. The van der Waals surface area contributed by atoms with Crippen LogP contribution < -0.4 is 4.74 Å². The van der Waals surface area contributed by atoms with Crippen molar-refractivity contribution in [1.82, 2.24) is 0 Å². The number of nitriles is 1. The molecule has 0 radical (unpaired) electrons. The summed E-state index contributed by atoms with van der Waals surface area (Å²) in [6.45, 7) is 10.7. The number of methoxy groups -OCH3 is 1. The Morgan fingerprint density at radius 1 is 0.878 bits per heavy atom. The van der Waals surface area contributed by atoms with E-state index in [2.05, 4.69) is 13.5 Å². The number of benzene rings is 2. The van der Waals surface area contributed by atoms with Crippen LogP contribution in [0, 0.1) is 11.3 Å². The van der Waals surface area contributed by atoms with Gasteiger partial charge in [0, 0.05) is 15.4 Å². The molecule has 8 nitrogen and oxygen atoms in total. The second-order valence-electron chi connectivity index (χ2n) is 8.32. The first-order valence-corrected chi connectivity index (χ1v) is 17.4. The molecule has 2 aliphatic rings. The third-order valence-corrected chi connectivity index (χ3v) is 13.3. The lowest BCUT2D eigenvalue weighted by Crippen LogP contribution is -2.08. The van der Waals surface area contributed by atoms with E-state index in [0.29, 0.717) is 29.6 Å². The molecule has 2 aliphatic heterocycles. The highest BCUT2D eigenvalue weighted by Gasteiger charge is 2.38. The summed E-state index contributed by atoms with van der Waals surface area (Å²) >= 11 is 5.70. The Morgan fingerprint density at radius 3 is 1.90 bits per heavy atom. The number of allylic oxidation sites excluding steroid dienone is 1. The molecular formula is C28H29NO7S5. The summed E-state index contributed by atoms with van der Waals surface area (Å²) < 4.78 is 34.3. The van der Waals surface area contributed by atoms with Crippen LogP contribution in [0.15, 0.2) is 74.3 Å². The third-order valence-electron chi connectivity index (χ3n) is 5.85. The molecule has 0 saturated carbocycles. The summed E-state index contributed by atoms with van der Waals surface area (Å²) in [6, 6.07) is 8.29. The van der Waals surface area contributed by atoms with Gasteiger partial charge in [-0.25, -0.2) is 28.0 Å². The number of nitrogens with zero attached hydrogens (tertiary/aromatic N) is 1. The molecule has 218 valence electrons. The number of hydrogen-bond donors (Lipinski definition) is 0. The zero-order valence-electron chi connectivity index (χ0n) is 23.0. The van der Waals surface area contributed by atoms with Crippen LogP contribution in [0.3, 0.4) is 0 Å². The number of rotatable bonds is 13. The summed E-state index contributed by atoms with van der Waals surface area (Å²) in [5.41, 5.74) is 2.72. The fourth-order valence-corrected chi connectivity index (χ4v) is 11.5. The molecule has 0 unspecified atom stereocenters. The molecule has 0 atom stereocenters. The summed E-state index contributed by atoms with van der Waals surface area (Å²) in [5, 5.41) is 10.0. The van der Waals surface area contributed by atoms with Crippen LogP contribution in [0.25, 0.3) is 6.08 Å². The van der Waals surface area contributed by atoms with Gasteiger partial charge in [-0.05, 0) is 43.5 Å². The zero-order chi connectivity index (χ0) is 29.6. The van der Waals surface area contributed by atoms with Crippen molar-refractivity contribution in [2.75, 3.05) is 33.5 Å². The highest BCUT2D eigenvalue weighted by atomic mass is 32.2. The Hall–Kier alpha value is -1.86. The molecule has 0 N–H and O–H groups in total. The fourth-order valence-electron chi connectivity index (χ4n) is 3.91. The highest BCUT2D eigenvalue weighted by Crippen LogP contribution is 2.66. The average molecular weight is 652 g/mol. The molecular weight excluding hydrogens is 623 g/mol. The van der Waals surface area contributed by atoms with Crippen molar-refractivity contribution in [1.29, 1.82) is 5.26 Å². The third kappa shape index (κ3) is 6.71. The molecule has 0 aromatic heterocycles. The first-order valence-electron chi connectivity index (χ1n) is 12.6. The molecule has 2 aromatic carbocycles. The van der Waals surface area contributed by atoms with Crippen LogP contribution in [0.1, 0.15) is 31.9 Å². The molecule has 0 bridgehead atoms. The van der Waals surface area contributed by atoms with E-state index >= 15 is 0 Å². The lowest BCUT2D eigenvalue weighted by Gasteiger charge is -2.14. The van der Waals surface area contributed by atoms with Crippen LogP contribution in [0.2, 0.25) is 0 Å². The maximum atomic E-state index is 13.5. The highest BCUT2D eigenvalue weighted by molar-refractivity contribution is 8.26. The maximum absolute atomic E-state index is 13.5. The second kappa shape index (κ2) is 14.5. The normalized spacial score (nSPS) is 15.3. The lowest BCUT2D eigenvalue weighted by atomic mass is 10.1. The maximum Gasteiger partial charge on any atom is 0.218 e. The molecule has 0 fully saturated rings. The average Bonchev–Trinajstić information content (AvgIpc) is 3.60. The Labute approximate surface area is 257 Å². The minimum Gasteiger partial charge on any atom is -0.494 e. The molecule has 2 aromatic rings. The van der Waals surface area contributed by atoms with Crippen molar-refractivity contribution < 1.29 is 32.7 Å². The Kier molecular flexibility index (Phi) is 11.4. The fraction of sp³-hybridized carbons (Fsp3) is 0.321. The van der Waals surface area contributed by atoms with Gasteiger partial charge in [-0.3, -0.25) is 0 Å². The van der Waals surface area contributed by atoms with Crippen LogP contribution in [-0.4, -0.2) is 42.0 Å². The summed E-state index contributed by atoms with van der Waals surface area (Å²) in [4.78, 5) is 24.4. The van der Waals surface area contributed by atoms with Crippen LogP contribution >= 0.6 is 47.0 Å². The van der Waals surface area contributed by atoms with E-state index in [1.54, 1.807) is 48.8 Å². The number of fused-ring (bicyclic) bond motifs is 2. The Morgan fingerprint density at radius 2 is 1.41 bits per heavy atom. The number of sulfone groups is 1. The zero-order valence-corrected chi connectivity index (χ0v) is 27.1. The van der Waals surface area contributed by atoms with Gasteiger partial charge in [-0.15, -0.1) is 0 Å². The van der Waals surface area contributed by atoms with Crippen LogP contribution in [-0.2, 0) is 35.8 Å². The number of thioether (sulfide) groups is 4. The van der Waals surface area contributed by atoms with E-state index in [0.717, 1.165) is 40.5 Å². The van der Waals surface area contributed by atoms with E-state index in [1.807, 2.05) is 19.9 Å². The minimum atomic E-state index is -4.04. The molecule has 13 heteroatoms. The van der Waals surface area contributed by atoms with E-state index < -0.39 is 9.84 Å². The predicted octanol–water partition coefficient (Wildman–Crippen LogP) is 7.61. The molecule has 2 heterocycles. The van der Waals surface area contributed by atoms with Gasteiger partial charge in [0.05, 0.1) is 43.5 Å². The summed E-state index contributed by atoms with van der Waals surface area (Å²) in [6.07, 6.45) is 2.34. The molecule has 4 rings (SSSR count). The summed E-state index contributed by atoms with van der Waals surface area (Å²) in [7, 11) is -2.44. The summed E-state index contributed by atoms with van der Waals surface area (Å²) in [5.74, 6) is 0.646. The van der Waals surface area contributed by atoms with Gasteiger partial charge >= 0.3 is 0 Å². The molecule has 41 heavy (non-hydrogen) atoms. The minimum absolute atomic E-state index is 0.0615. The topological polar surface area (TPSA) is 104 Å². The second-order valence-corrected chi connectivity index (χ2v) is 14.8. The van der Waals surface area contributed by atoms with E-state index in [4.69, 9.17) is 24.3 Å². The van der Waals surface area contributed by atoms with Crippen LogP contribution in [0.4, 0.5) is 0 Å². The van der Waals surface area contributed by atoms with E-state index in [9.17, 15) is 13.7 Å². The van der Waals surface area contributed by atoms with Gasteiger partial charge in [0.1, 0.15) is 25.0 Å². The van der Waals surface area contributed by atoms with Gasteiger partial charge in [0.2, 0.25) is 9.84 Å². The van der Waals surface area contributed by atoms with Gasteiger partial charge in [-0.2, -0.15) is 5.26 Å². The van der Waals surface area contributed by atoms with Crippen molar-refractivity contribution in [2.24, 2.45) is 0 Å². The van der Waals surface area contributed by atoms with Gasteiger partial charge in [0.25, 0.3) is 0 Å². The first-order chi connectivity index (χ1) is 19.8. The molecule has 0 saturated heterocycles. The molecule has 0 spiro atoms. The monoisotopic (exact) mass is 651 g/mol. The van der Waals surface area contributed by atoms with Crippen molar-refractivity contribution in [3.05, 3.63) is 60.9 Å². The molecule has 0 amide bonds. The van der Waals surface area contributed by atoms with E-state index in [1.165, 1.54) is 35.7 Å². The standard InChI is InChI=1S/C28H29NO7S5/c1-6-17-10-12-19(13-11-17)41(30,31)21(14-29)28-38-24-20(7-2)23-25(22(32-5)26(24)40-28)39-27(37-23)18(15-35-33-8-3)16-36-34-9-4/h6,10-13H,1,7-9,15-16H2,2-5H3/b28-21+. The SMILES string of the molecule is C=Cc1ccc(S(=O)(=O)/C(C#N)=C2\Sc3c(CC)c4c(c(OC)c3S2)SC(=C(COOCC)COOCC)S4)cc1. The Bertz CT molecular complexity index is 1470. The van der Waals surface area contributed by atoms with Gasteiger partial charge in [0.15, 0.2) is 4.91 Å². The number of ether oxygens (including phenoxy) is 1.